The van der Waals surface area contributed by atoms with Crippen LogP contribution in [0.1, 0.15) is 12.5 Å². The van der Waals surface area contributed by atoms with Crippen LogP contribution in [0.25, 0.3) is 0 Å². The molecule has 0 aliphatic rings. The Bertz CT molecular complexity index is 408. The maximum atomic E-state index is 11.6. The smallest absolute Gasteiger partial charge is 0.335 e. The zero-order valence-corrected chi connectivity index (χ0v) is 10.8. The first kappa shape index (κ1) is 15.1. The van der Waals surface area contributed by atoms with Gasteiger partial charge in [0.2, 0.25) is 5.91 Å². The maximum Gasteiger partial charge on any atom is 0.335 e. The largest absolute Gasteiger partial charge is 0.459 e. The highest BCUT2D eigenvalue weighted by molar-refractivity contribution is 5.77. The van der Waals surface area contributed by atoms with Crippen molar-refractivity contribution in [2.45, 2.75) is 19.6 Å². The molecule has 0 bridgehead atoms. The fraction of sp³-hybridized carbons (Fsp3) is 0.385. The third-order valence-electron chi connectivity index (χ3n) is 2.34. The molecule has 19 heavy (non-hydrogen) atoms. The summed E-state index contributed by atoms with van der Waals surface area (Å²) in [4.78, 5) is 22.4. The fourth-order valence-corrected chi connectivity index (χ4v) is 1.23. The Morgan fingerprint density at radius 3 is 2.63 bits per heavy atom. The molecule has 0 saturated carbocycles. The molecule has 6 heteroatoms. The van der Waals surface area contributed by atoms with E-state index in [0.717, 1.165) is 5.56 Å². The molecular weight excluding hydrogens is 248 g/mol. The molecule has 0 radical (unpaired) electrons. The zero-order valence-electron chi connectivity index (χ0n) is 10.8. The van der Waals surface area contributed by atoms with E-state index in [-0.39, 0.29) is 25.8 Å². The zero-order chi connectivity index (χ0) is 14.1. The monoisotopic (exact) mass is 266 g/mol. The number of hydrogen-bond acceptors (Lipinski definition) is 5. The third kappa shape index (κ3) is 5.98. The molecule has 1 amide bonds. The first-order valence-corrected chi connectivity index (χ1v) is 5.92. The number of esters is 1. The Hall–Kier alpha value is -1.92. The lowest BCUT2D eigenvalue weighted by molar-refractivity contribution is -0.158. The quantitative estimate of drug-likeness (QED) is 0.542. The molecule has 6 nitrogen and oxygen atoms in total. The van der Waals surface area contributed by atoms with Gasteiger partial charge in [-0.1, -0.05) is 30.3 Å². The number of nitrogens with two attached hydrogens (primary N) is 1. The molecule has 0 saturated heterocycles. The Labute approximate surface area is 111 Å². The van der Waals surface area contributed by atoms with Crippen LogP contribution in [-0.2, 0) is 25.7 Å². The van der Waals surface area contributed by atoms with Crippen LogP contribution >= 0.6 is 0 Å². The minimum atomic E-state index is -0.748. The Kier molecular flexibility index (Phi) is 6.56. The standard InChI is InChI=1S/C13H18N2O4/c1-10(19-9-15-12(16)7-14)13(17)18-8-11-5-3-2-4-6-11/h2-6,10H,7-9,14H2,1H3,(H,15,16)/t10-/m1/s1. The van der Waals surface area contributed by atoms with Crippen LogP contribution in [0.2, 0.25) is 0 Å². The van der Waals surface area contributed by atoms with E-state index in [1.165, 1.54) is 0 Å². The van der Waals surface area contributed by atoms with Gasteiger partial charge in [0, 0.05) is 0 Å². The number of carbonyl (C=O) groups is 2. The third-order valence-corrected chi connectivity index (χ3v) is 2.34. The minimum Gasteiger partial charge on any atom is -0.459 e. The van der Waals surface area contributed by atoms with Gasteiger partial charge in [0.05, 0.1) is 6.54 Å². The van der Waals surface area contributed by atoms with Crippen molar-refractivity contribution in [3.05, 3.63) is 35.9 Å². The van der Waals surface area contributed by atoms with Gasteiger partial charge < -0.3 is 20.5 Å². The number of rotatable bonds is 7. The van der Waals surface area contributed by atoms with E-state index >= 15 is 0 Å². The van der Waals surface area contributed by atoms with Crippen molar-refractivity contribution in [1.82, 2.24) is 5.32 Å². The summed E-state index contributed by atoms with van der Waals surface area (Å²) in [6, 6.07) is 9.34. The molecule has 104 valence electrons. The fourth-order valence-electron chi connectivity index (χ4n) is 1.23. The van der Waals surface area contributed by atoms with E-state index in [1.54, 1.807) is 6.92 Å². The molecule has 1 aromatic rings. The van der Waals surface area contributed by atoms with Crippen LogP contribution in [-0.4, -0.2) is 31.3 Å². The molecule has 1 atom stereocenters. The van der Waals surface area contributed by atoms with Crippen molar-refractivity contribution in [3.63, 3.8) is 0 Å². The second-order valence-corrected chi connectivity index (χ2v) is 3.85. The van der Waals surface area contributed by atoms with Crippen LogP contribution in [0, 0.1) is 0 Å². The summed E-state index contributed by atoms with van der Waals surface area (Å²) in [7, 11) is 0. The van der Waals surface area contributed by atoms with Crippen molar-refractivity contribution >= 4 is 11.9 Å². The number of carbonyl (C=O) groups excluding carboxylic acids is 2. The van der Waals surface area contributed by atoms with Crippen LogP contribution in [0.3, 0.4) is 0 Å². The van der Waals surface area contributed by atoms with E-state index in [9.17, 15) is 9.59 Å². The van der Waals surface area contributed by atoms with Gasteiger partial charge in [0.25, 0.3) is 0 Å². The number of amides is 1. The highest BCUT2D eigenvalue weighted by Gasteiger charge is 2.15. The molecule has 0 aliphatic carbocycles. The maximum absolute atomic E-state index is 11.6. The van der Waals surface area contributed by atoms with Crippen molar-refractivity contribution in [1.29, 1.82) is 0 Å². The molecule has 0 aromatic heterocycles. The predicted molar refractivity (Wildman–Crippen MR) is 68.8 cm³/mol. The highest BCUT2D eigenvalue weighted by Crippen LogP contribution is 2.02. The Balaban J connectivity index is 2.23. The first-order chi connectivity index (χ1) is 9.13. The summed E-state index contributed by atoms with van der Waals surface area (Å²) in [6.07, 6.45) is -0.748. The van der Waals surface area contributed by atoms with Gasteiger partial charge in [0.1, 0.15) is 13.3 Å². The predicted octanol–water partition coefficient (Wildman–Crippen LogP) is 0.167. The highest BCUT2D eigenvalue weighted by atomic mass is 16.6. The minimum absolute atomic E-state index is 0.0718. The average Bonchev–Trinajstić information content (AvgIpc) is 2.45. The van der Waals surface area contributed by atoms with Crippen LogP contribution in [0.15, 0.2) is 30.3 Å². The second kappa shape index (κ2) is 8.23. The molecule has 1 rings (SSSR count). The van der Waals surface area contributed by atoms with E-state index < -0.39 is 12.1 Å². The molecule has 0 spiro atoms. The van der Waals surface area contributed by atoms with Crippen molar-refractivity contribution < 1.29 is 19.1 Å². The van der Waals surface area contributed by atoms with Gasteiger partial charge in [-0.2, -0.15) is 0 Å². The second-order valence-electron chi connectivity index (χ2n) is 3.85. The van der Waals surface area contributed by atoms with Gasteiger partial charge in [-0.05, 0) is 12.5 Å². The number of benzene rings is 1. The average molecular weight is 266 g/mol. The van der Waals surface area contributed by atoms with Crippen molar-refractivity contribution in [3.8, 4) is 0 Å². The summed E-state index contributed by atoms with van der Waals surface area (Å²) >= 11 is 0. The number of nitrogens with one attached hydrogen (secondary N) is 1. The van der Waals surface area contributed by atoms with Crippen molar-refractivity contribution in [2.75, 3.05) is 13.3 Å². The van der Waals surface area contributed by atoms with Gasteiger partial charge >= 0.3 is 5.97 Å². The Morgan fingerprint density at radius 2 is 2.00 bits per heavy atom. The van der Waals surface area contributed by atoms with Crippen molar-refractivity contribution in [2.24, 2.45) is 5.73 Å². The molecule has 0 aliphatic heterocycles. The van der Waals surface area contributed by atoms with Crippen LogP contribution < -0.4 is 11.1 Å². The summed E-state index contributed by atoms with van der Waals surface area (Å²) < 4.78 is 10.2. The van der Waals surface area contributed by atoms with Gasteiger partial charge in [-0.15, -0.1) is 0 Å². The van der Waals surface area contributed by atoms with Gasteiger partial charge in [-0.3, -0.25) is 4.79 Å². The summed E-state index contributed by atoms with van der Waals surface area (Å²) in [6.45, 7) is 1.57. The van der Waals surface area contributed by atoms with E-state index in [2.05, 4.69) is 5.32 Å². The van der Waals surface area contributed by atoms with E-state index in [1.807, 2.05) is 30.3 Å². The lowest BCUT2D eigenvalue weighted by Gasteiger charge is -2.13. The van der Waals surface area contributed by atoms with Crippen LogP contribution in [0.4, 0.5) is 0 Å². The SMILES string of the molecule is C[C@@H](OCNC(=O)CN)C(=O)OCc1ccccc1. The lowest BCUT2D eigenvalue weighted by Crippen LogP contribution is -2.35. The molecule has 0 fully saturated rings. The summed E-state index contributed by atoms with van der Waals surface area (Å²) in [5.74, 6) is -0.823. The number of hydrogen-bond donors (Lipinski definition) is 2. The van der Waals surface area contributed by atoms with Gasteiger partial charge in [-0.25, -0.2) is 4.79 Å². The summed E-state index contributed by atoms with van der Waals surface area (Å²) in [5.41, 5.74) is 6.00. The molecule has 3 N–H and O–H groups in total. The first-order valence-electron chi connectivity index (χ1n) is 5.92. The Morgan fingerprint density at radius 1 is 1.32 bits per heavy atom. The summed E-state index contributed by atoms with van der Waals surface area (Å²) in [5, 5.41) is 2.40. The molecular formula is C13H18N2O4. The normalized spacial score (nSPS) is 11.7. The topological polar surface area (TPSA) is 90.6 Å². The molecule has 0 unspecified atom stereocenters. The lowest BCUT2D eigenvalue weighted by atomic mass is 10.2. The molecule has 0 heterocycles. The number of ether oxygens (including phenoxy) is 2. The van der Waals surface area contributed by atoms with Gasteiger partial charge in [0.15, 0.2) is 6.10 Å². The van der Waals surface area contributed by atoms with E-state index in [0.29, 0.717) is 0 Å². The molecule has 1 aromatic carbocycles. The van der Waals surface area contributed by atoms with Crippen LogP contribution in [0.5, 0.6) is 0 Å². The van der Waals surface area contributed by atoms with E-state index in [4.69, 9.17) is 15.2 Å².